The largest absolute Gasteiger partial charge is 0.368 e. The molecule has 2 aliphatic heterocycles. The van der Waals surface area contributed by atoms with Gasteiger partial charge in [0.15, 0.2) is 5.65 Å². The summed E-state index contributed by atoms with van der Waals surface area (Å²) in [6.07, 6.45) is 1.69. The molecule has 0 spiro atoms. The van der Waals surface area contributed by atoms with Gasteiger partial charge in [0.1, 0.15) is 11.9 Å². The highest BCUT2D eigenvalue weighted by Gasteiger charge is 2.35. The molecule has 0 saturated carbocycles. The highest BCUT2D eigenvalue weighted by Crippen LogP contribution is 2.25. The van der Waals surface area contributed by atoms with Crippen LogP contribution in [0.3, 0.4) is 0 Å². The van der Waals surface area contributed by atoms with E-state index in [1.165, 1.54) is 0 Å². The predicted octanol–water partition coefficient (Wildman–Crippen LogP) is -1.44. The van der Waals surface area contributed by atoms with E-state index in [4.69, 9.17) is 5.73 Å². The molecule has 2 fully saturated rings. The van der Waals surface area contributed by atoms with E-state index >= 15 is 0 Å². The number of amides is 1. The number of hydrogen-bond donors (Lipinski definition) is 3. The number of aromatic nitrogens is 4. The standard InChI is InChI=1S/C12H16N8O/c13-12-16-9-7(5-15-18-9)10(17-12)20-4-3-19-2-1-14-11(21)8(19)6-20/h5,8H,1-4,6H2,(H,14,21)(H3,13,15,16,17,18). The van der Waals surface area contributed by atoms with Gasteiger partial charge in [-0.2, -0.15) is 15.1 Å². The van der Waals surface area contributed by atoms with Crippen molar-refractivity contribution in [3.8, 4) is 0 Å². The van der Waals surface area contributed by atoms with Crippen LogP contribution >= 0.6 is 0 Å². The number of piperazine rings is 2. The number of hydrogen-bond acceptors (Lipinski definition) is 7. The number of carbonyl (C=O) groups is 1. The van der Waals surface area contributed by atoms with Gasteiger partial charge in [-0.25, -0.2) is 0 Å². The Morgan fingerprint density at radius 2 is 2.19 bits per heavy atom. The molecule has 0 radical (unpaired) electrons. The van der Waals surface area contributed by atoms with E-state index in [1.807, 2.05) is 0 Å². The summed E-state index contributed by atoms with van der Waals surface area (Å²) in [5, 5.41) is 10.5. The van der Waals surface area contributed by atoms with Crippen LogP contribution in [-0.4, -0.2) is 69.7 Å². The molecule has 0 bridgehead atoms. The van der Waals surface area contributed by atoms with E-state index in [1.54, 1.807) is 6.20 Å². The Kier molecular flexibility index (Phi) is 2.67. The Balaban J connectivity index is 1.69. The van der Waals surface area contributed by atoms with Gasteiger partial charge in [-0.05, 0) is 0 Å². The molecule has 2 aromatic heterocycles. The van der Waals surface area contributed by atoms with Crippen molar-refractivity contribution in [3.05, 3.63) is 6.20 Å². The summed E-state index contributed by atoms with van der Waals surface area (Å²) in [6, 6.07) is -0.134. The molecule has 2 saturated heterocycles. The maximum absolute atomic E-state index is 12.0. The van der Waals surface area contributed by atoms with E-state index in [9.17, 15) is 4.79 Å². The second-order valence-corrected chi connectivity index (χ2v) is 5.33. The summed E-state index contributed by atoms with van der Waals surface area (Å²) in [5.74, 6) is 1.03. The fourth-order valence-electron chi connectivity index (χ4n) is 3.05. The third-order valence-electron chi connectivity index (χ3n) is 4.10. The molecular weight excluding hydrogens is 272 g/mol. The van der Waals surface area contributed by atoms with Gasteiger partial charge in [0, 0.05) is 32.7 Å². The number of rotatable bonds is 1. The van der Waals surface area contributed by atoms with Crippen molar-refractivity contribution in [2.45, 2.75) is 6.04 Å². The van der Waals surface area contributed by atoms with E-state index in [0.717, 1.165) is 37.4 Å². The number of nitrogens with one attached hydrogen (secondary N) is 2. The molecule has 4 rings (SSSR count). The highest BCUT2D eigenvalue weighted by molar-refractivity contribution is 5.88. The lowest BCUT2D eigenvalue weighted by atomic mass is 10.1. The molecule has 0 aliphatic carbocycles. The molecule has 110 valence electrons. The van der Waals surface area contributed by atoms with Crippen LogP contribution in [0.5, 0.6) is 0 Å². The minimum atomic E-state index is -0.134. The molecule has 2 aliphatic rings. The van der Waals surface area contributed by atoms with Crippen LogP contribution in [-0.2, 0) is 4.79 Å². The third kappa shape index (κ3) is 1.97. The van der Waals surface area contributed by atoms with Gasteiger partial charge in [0.2, 0.25) is 11.9 Å². The van der Waals surface area contributed by atoms with Crippen LogP contribution in [0, 0.1) is 0 Å². The second kappa shape index (κ2) is 4.55. The quantitative estimate of drug-likeness (QED) is 0.588. The van der Waals surface area contributed by atoms with Gasteiger partial charge >= 0.3 is 0 Å². The summed E-state index contributed by atoms with van der Waals surface area (Å²) >= 11 is 0. The third-order valence-corrected chi connectivity index (χ3v) is 4.10. The van der Waals surface area contributed by atoms with Crippen LogP contribution in [0.25, 0.3) is 11.0 Å². The Hall–Kier alpha value is -2.42. The fourth-order valence-corrected chi connectivity index (χ4v) is 3.05. The van der Waals surface area contributed by atoms with Crippen LogP contribution in [0.2, 0.25) is 0 Å². The molecule has 1 amide bonds. The first kappa shape index (κ1) is 12.3. The lowest BCUT2D eigenvalue weighted by Gasteiger charge is -2.43. The number of fused-ring (bicyclic) bond motifs is 2. The zero-order valence-electron chi connectivity index (χ0n) is 11.4. The molecule has 1 atom stereocenters. The SMILES string of the molecule is Nc1nc(N2CCN3CCNC(=O)C3C2)c2cn[nH]c2n1. The first-order valence-corrected chi connectivity index (χ1v) is 6.95. The maximum atomic E-state index is 12.0. The van der Waals surface area contributed by atoms with Gasteiger partial charge in [-0.1, -0.05) is 0 Å². The molecule has 1 unspecified atom stereocenters. The first-order valence-electron chi connectivity index (χ1n) is 6.95. The van der Waals surface area contributed by atoms with Gasteiger partial charge < -0.3 is 16.0 Å². The van der Waals surface area contributed by atoms with Crippen LogP contribution in [0.1, 0.15) is 0 Å². The van der Waals surface area contributed by atoms with E-state index < -0.39 is 0 Å². The van der Waals surface area contributed by atoms with Gasteiger partial charge in [-0.15, -0.1) is 0 Å². The van der Waals surface area contributed by atoms with Crippen molar-refractivity contribution in [3.63, 3.8) is 0 Å². The maximum Gasteiger partial charge on any atom is 0.239 e. The topological polar surface area (TPSA) is 116 Å². The van der Waals surface area contributed by atoms with E-state index in [-0.39, 0.29) is 17.9 Å². The first-order chi connectivity index (χ1) is 10.2. The highest BCUT2D eigenvalue weighted by atomic mass is 16.2. The minimum Gasteiger partial charge on any atom is -0.368 e. The summed E-state index contributed by atoms with van der Waals surface area (Å²) in [6.45, 7) is 3.86. The number of nitrogens with two attached hydrogens (primary N) is 1. The van der Waals surface area contributed by atoms with Crippen molar-refractivity contribution in [2.75, 3.05) is 43.4 Å². The average Bonchev–Trinajstić information content (AvgIpc) is 2.94. The number of nitrogen functional groups attached to an aromatic ring is 1. The number of carbonyl (C=O) groups excluding carboxylic acids is 1. The van der Waals surface area contributed by atoms with Crippen molar-refractivity contribution in [1.29, 1.82) is 0 Å². The van der Waals surface area contributed by atoms with Crippen LogP contribution < -0.4 is 16.0 Å². The summed E-state index contributed by atoms with van der Waals surface area (Å²) in [7, 11) is 0. The Morgan fingerprint density at radius 1 is 1.29 bits per heavy atom. The van der Waals surface area contributed by atoms with Crippen molar-refractivity contribution in [1.82, 2.24) is 30.4 Å². The van der Waals surface area contributed by atoms with Gasteiger partial charge in [-0.3, -0.25) is 14.8 Å². The number of H-pyrrole nitrogens is 1. The number of aromatic amines is 1. The Labute approximate surface area is 120 Å². The smallest absolute Gasteiger partial charge is 0.239 e. The normalized spacial score (nSPS) is 23.1. The molecule has 0 aromatic carbocycles. The minimum absolute atomic E-state index is 0.0800. The molecule has 2 aromatic rings. The van der Waals surface area contributed by atoms with Crippen LogP contribution in [0.4, 0.5) is 11.8 Å². The van der Waals surface area contributed by atoms with Crippen molar-refractivity contribution >= 4 is 28.7 Å². The zero-order chi connectivity index (χ0) is 14.4. The molecule has 9 heteroatoms. The zero-order valence-corrected chi connectivity index (χ0v) is 11.4. The van der Waals surface area contributed by atoms with E-state index in [2.05, 4.69) is 35.3 Å². The van der Waals surface area contributed by atoms with Gasteiger partial charge in [0.05, 0.1) is 11.6 Å². The predicted molar refractivity (Wildman–Crippen MR) is 76.7 cm³/mol. The van der Waals surface area contributed by atoms with Crippen molar-refractivity contribution < 1.29 is 4.79 Å². The second-order valence-electron chi connectivity index (χ2n) is 5.33. The summed E-state index contributed by atoms with van der Waals surface area (Å²) in [5.41, 5.74) is 6.38. The Morgan fingerprint density at radius 3 is 3.10 bits per heavy atom. The number of nitrogens with zero attached hydrogens (tertiary/aromatic N) is 5. The molecular formula is C12H16N8O. The molecule has 9 nitrogen and oxygen atoms in total. The molecule has 21 heavy (non-hydrogen) atoms. The monoisotopic (exact) mass is 288 g/mol. The van der Waals surface area contributed by atoms with E-state index in [0.29, 0.717) is 12.2 Å². The Bertz CT molecular complexity index is 698. The summed E-state index contributed by atoms with van der Waals surface area (Å²) < 4.78 is 0. The lowest BCUT2D eigenvalue weighted by Crippen LogP contribution is -2.64. The van der Waals surface area contributed by atoms with Crippen LogP contribution in [0.15, 0.2) is 6.20 Å². The molecule has 4 heterocycles. The molecule has 4 N–H and O–H groups in total. The average molecular weight is 288 g/mol. The summed E-state index contributed by atoms with van der Waals surface area (Å²) in [4.78, 5) is 24.8. The fraction of sp³-hybridized carbons (Fsp3) is 0.500. The number of anilines is 2. The van der Waals surface area contributed by atoms with Gasteiger partial charge in [0.25, 0.3) is 0 Å². The lowest BCUT2D eigenvalue weighted by molar-refractivity contribution is -0.129. The van der Waals surface area contributed by atoms with Crippen molar-refractivity contribution in [2.24, 2.45) is 0 Å².